The van der Waals surface area contributed by atoms with Gasteiger partial charge in [0.05, 0.1) is 31.5 Å². The second kappa shape index (κ2) is 13.8. The molecule has 0 saturated carbocycles. The summed E-state index contributed by atoms with van der Waals surface area (Å²) in [7, 11) is -2.93. The van der Waals surface area contributed by atoms with Crippen LogP contribution in [0.15, 0.2) is 60.7 Å². The number of hydrogen-bond acceptors (Lipinski definition) is 8. The Morgan fingerprint density at radius 2 is 1.46 bits per heavy atom. The molecule has 0 radical (unpaired) electrons. The van der Waals surface area contributed by atoms with Gasteiger partial charge < -0.3 is 33.7 Å². The summed E-state index contributed by atoms with van der Waals surface area (Å²) in [5.41, 5.74) is 1.78. The van der Waals surface area contributed by atoms with Crippen LogP contribution in [0.25, 0.3) is 0 Å². The van der Waals surface area contributed by atoms with E-state index in [-0.39, 0.29) is 25.7 Å². The molecular weight excluding hydrogens is 501 g/mol. The van der Waals surface area contributed by atoms with Crippen LogP contribution in [-0.2, 0) is 50.8 Å². The van der Waals surface area contributed by atoms with Crippen molar-refractivity contribution in [1.29, 1.82) is 0 Å². The highest BCUT2D eigenvalue weighted by Crippen LogP contribution is 2.44. The zero-order valence-electron chi connectivity index (χ0n) is 21.1. The molecule has 0 spiro atoms. The summed E-state index contributed by atoms with van der Waals surface area (Å²) in [6.07, 6.45) is -3.86. The lowest BCUT2D eigenvalue weighted by atomic mass is 9.92. The van der Waals surface area contributed by atoms with Gasteiger partial charge in [-0.3, -0.25) is 14.2 Å². The van der Waals surface area contributed by atoms with Gasteiger partial charge in [-0.1, -0.05) is 60.7 Å². The van der Waals surface area contributed by atoms with Gasteiger partial charge in [-0.25, -0.2) is 0 Å². The number of amides is 1. The fourth-order valence-electron chi connectivity index (χ4n) is 4.15. The predicted octanol–water partition coefficient (Wildman–Crippen LogP) is 2.82. The highest BCUT2D eigenvalue weighted by Gasteiger charge is 2.50. The molecule has 11 heteroatoms. The zero-order chi connectivity index (χ0) is 26.8. The number of hydrogen-bond donors (Lipinski definition) is 2. The number of nitrogens with one attached hydrogen (secondary N) is 1. The summed E-state index contributed by atoms with van der Waals surface area (Å²) in [5.74, 6) is -0.894. The van der Waals surface area contributed by atoms with Gasteiger partial charge in [0, 0.05) is 21.0 Å². The molecule has 2 N–H and O–H groups in total. The van der Waals surface area contributed by atoms with Crippen molar-refractivity contribution >= 4 is 19.5 Å². The third-order valence-electron chi connectivity index (χ3n) is 5.88. The maximum absolute atomic E-state index is 12.5. The molecule has 1 heterocycles. The van der Waals surface area contributed by atoms with Crippen LogP contribution in [-0.4, -0.2) is 67.1 Å². The first kappa shape index (κ1) is 29.0. The van der Waals surface area contributed by atoms with E-state index in [4.69, 9.17) is 23.5 Å². The fourth-order valence-corrected chi connectivity index (χ4v) is 5.07. The highest BCUT2D eigenvalue weighted by molar-refractivity contribution is 7.52. The second-order valence-electron chi connectivity index (χ2n) is 8.77. The molecular formula is C26H34NO9P. The molecule has 0 bridgehead atoms. The van der Waals surface area contributed by atoms with Crippen molar-refractivity contribution in [3.05, 3.63) is 71.8 Å². The van der Waals surface area contributed by atoms with Gasteiger partial charge in [0.15, 0.2) is 0 Å². The van der Waals surface area contributed by atoms with E-state index in [9.17, 15) is 19.0 Å². The minimum atomic E-state index is -4.05. The van der Waals surface area contributed by atoms with Gasteiger partial charge in [0.2, 0.25) is 5.91 Å². The van der Waals surface area contributed by atoms with E-state index >= 15 is 0 Å². The van der Waals surface area contributed by atoms with Crippen LogP contribution >= 0.6 is 7.60 Å². The topological polar surface area (TPSA) is 130 Å². The number of carbonyl (C=O) groups is 2. The summed E-state index contributed by atoms with van der Waals surface area (Å²) in [6.45, 7) is 2.82. The van der Waals surface area contributed by atoms with E-state index in [1.54, 1.807) is 0 Å². The lowest BCUT2D eigenvalue weighted by Gasteiger charge is -2.46. The lowest BCUT2D eigenvalue weighted by molar-refractivity contribution is -0.227. The summed E-state index contributed by atoms with van der Waals surface area (Å²) in [6, 6.07) is 18.0. The molecule has 2 aromatic carbocycles. The molecule has 2 aromatic rings. The molecule has 3 rings (SSSR count). The van der Waals surface area contributed by atoms with Crippen LogP contribution in [0.3, 0.4) is 0 Å². The van der Waals surface area contributed by atoms with Crippen molar-refractivity contribution in [1.82, 2.24) is 5.32 Å². The SMILES string of the molecule is COP(=O)(O)C[C@H]1O[C@H](COC(C)=O)[C@@H](OCc2ccccc2)[C@H](OCc2ccccc2)[C@@H]1NC(C)=O. The Balaban J connectivity index is 1.96. The van der Waals surface area contributed by atoms with Crippen molar-refractivity contribution in [2.24, 2.45) is 0 Å². The Bertz CT molecular complexity index is 1050. The van der Waals surface area contributed by atoms with Crippen molar-refractivity contribution in [3.8, 4) is 0 Å². The van der Waals surface area contributed by atoms with Crippen LogP contribution < -0.4 is 5.32 Å². The fraction of sp³-hybridized carbons (Fsp3) is 0.462. The van der Waals surface area contributed by atoms with Gasteiger partial charge in [-0.15, -0.1) is 0 Å². The molecule has 1 saturated heterocycles. The van der Waals surface area contributed by atoms with Crippen LogP contribution in [0.2, 0.25) is 0 Å². The van der Waals surface area contributed by atoms with E-state index in [0.29, 0.717) is 0 Å². The van der Waals surface area contributed by atoms with E-state index in [1.165, 1.54) is 13.8 Å². The van der Waals surface area contributed by atoms with E-state index in [2.05, 4.69) is 5.32 Å². The summed E-state index contributed by atoms with van der Waals surface area (Å²) in [5, 5.41) is 2.81. The first-order chi connectivity index (χ1) is 17.7. The predicted molar refractivity (Wildman–Crippen MR) is 135 cm³/mol. The minimum Gasteiger partial charge on any atom is -0.463 e. The smallest absolute Gasteiger partial charge is 0.330 e. The number of rotatable bonds is 12. The molecule has 10 nitrogen and oxygen atoms in total. The van der Waals surface area contributed by atoms with Crippen LogP contribution in [0.1, 0.15) is 25.0 Å². The first-order valence-electron chi connectivity index (χ1n) is 11.9. The molecule has 202 valence electrons. The van der Waals surface area contributed by atoms with Crippen LogP contribution in [0.4, 0.5) is 0 Å². The Hall–Kier alpha value is -2.59. The van der Waals surface area contributed by atoms with Crippen molar-refractivity contribution in [3.63, 3.8) is 0 Å². The van der Waals surface area contributed by atoms with Crippen LogP contribution in [0, 0.1) is 0 Å². The van der Waals surface area contributed by atoms with E-state index in [1.807, 2.05) is 60.7 Å². The van der Waals surface area contributed by atoms with Crippen molar-refractivity contribution < 1.29 is 42.5 Å². The normalized spacial score (nSPS) is 25.1. The molecule has 1 aliphatic rings. The number of carbonyl (C=O) groups excluding carboxylic acids is 2. The maximum Gasteiger partial charge on any atom is 0.330 e. The second-order valence-corrected chi connectivity index (χ2v) is 10.8. The minimum absolute atomic E-state index is 0.175. The monoisotopic (exact) mass is 535 g/mol. The van der Waals surface area contributed by atoms with Gasteiger partial charge in [-0.05, 0) is 11.1 Å². The standard InChI is InChI=1S/C26H34NO9P/c1-18(28)27-24-23(17-37(30,31)32-3)36-22(16-33-19(2)29)25(34-14-20-10-6-4-7-11-20)26(24)35-15-21-12-8-5-9-13-21/h4-13,22-26H,14-17H2,1-3H3,(H,27,28)(H,30,31)/t22-,23-,24-,25-,26-/m1/s1. The Kier molecular flexibility index (Phi) is 10.8. The average Bonchev–Trinajstić information content (AvgIpc) is 2.87. The third kappa shape index (κ3) is 9.03. The summed E-state index contributed by atoms with van der Waals surface area (Å²) < 4.78 is 41.3. The lowest BCUT2D eigenvalue weighted by Crippen LogP contribution is -2.66. The molecule has 1 aliphatic heterocycles. The van der Waals surface area contributed by atoms with Gasteiger partial charge >= 0.3 is 13.6 Å². The van der Waals surface area contributed by atoms with Gasteiger partial charge in [0.1, 0.15) is 24.9 Å². The number of benzene rings is 2. The highest BCUT2D eigenvalue weighted by atomic mass is 31.2. The Labute approximate surface area is 216 Å². The molecule has 0 aromatic heterocycles. The van der Waals surface area contributed by atoms with Gasteiger partial charge in [0.25, 0.3) is 0 Å². The molecule has 1 amide bonds. The van der Waals surface area contributed by atoms with Crippen molar-refractivity contribution in [2.75, 3.05) is 19.9 Å². The third-order valence-corrected chi connectivity index (χ3v) is 7.27. The largest absolute Gasteiger partial charge is 0.463 e. The van der Waals surface area contributed by atoms with E-state index < -0.39 is 50.2 Å². The zero-order valence-corrected chi connectivity index (χ0v) is 22.0. The summed E-state index contributed by atoms with van der Waals surface area (Å²) in [4.78, 5) is 34.0. The van der Waals surface area contributed by atoms with Crippen molar-refractivity contribution in [2.45, 2.75) is 57.5 Å². The molecule has 1 unspecified atom stereocenters. The van der Waals surface area contributed by atoms with Gasteiger partial charge in [-0.2, -0.15) is 0 Å². The Morgan fingerprint density at radius 1 is 0.919 bits per heavy atom. The molecule has 0 aliphatic carbocycles. The number of ether oxygens (including phenoxy) is 4. The Morgan fingerprint density at radius 3 is 1.95 bits per heavy atom. The number of esters is 1. The van der Waals surface area contributed by atoms with E-state index in [0.717, 1.165) is 18.2 Å². The molecule has 6 atom stereocenters. The maximum atomic E-state index is 12.5. The average molecular weight is 536 g/mol. The first-order valence-corrected chi connectivity index (χ1v) is 13.7. The molecule has 1 fully saturated rings. The summed E-state index contributed by atoms with van der Waals surface area (Å²) >= 11 is 0. The molecule has 37 heavy (non-hydrogen) atoms. The van der Waals surface area contributed by atoms with Crippen LogP contribution in [0.5, 0.6) is 0 Å². The quantitative estimate of drug-likeness (QED) is 0.311.